The van der Waals surface area contributed by atoms with Gasteiger partial charge >= 0.3 is 0 Å². The fraction of sp³-hybridized carbons (Fsp3) is 0.308. The van der Waals surface area contributed by atoms with Gasteiger partial charge in [0.1, 0.15) is 11.9 Å². The summed E-state index contributed by atoms with van der Waals surface area (Å²) in [6, 6.07) is 18.4. The zero-order valence-corrected chi connectivity index (χ0v) is 18.8. The Bertz CT molecular complexity index is 1270. The number of pyridine rings is 1. The van der Waals surface area contributed by atoms with Crippen molar-refractivity contribution in [2.24, 2.45) is 0 Å². The molecule has 5 heteroatoms. The van der Waals surface area contributed by atoms with Gasteiger partial charge in [0, 0.05) is 23.6 Å². The predicted molar refractivity (Wildman–Crippen MR) is 129 cm³/mol. The monoisotopic (exact) mass is 430 g/mol. The van der Waals surface area contributed by atoms with E-state index in [1.165, 1.54) is 19.3 Å². The number of aromatic nitrogens is 2. The number of para-hydroxylation sites is 2. The maximum atomic E-state index is 10.0. The van der Waals surface area contributed by atoms with Crippen LogP contribution < -0.4 is 5.32 Å². The Balaban J connectivity index is 1.91. The molecule has 158 valence electrons. The minimum Gasteiger partial charge on any atom is -0.371 e. The van der Waals surface area contributed by atoms with Crippen LogP contribution in [0.15, 0.2) is 48.5 Å². The van der Waals surface area contributed by atoms with E-state index >= 15 is 0 Å². The van der Waals surface area contributed by atoms with Crippen LogP contribution in [0.3, 0.4) is 0 Å². The van der Waals surface area contributed by atoms with E-state index in [2.05, 4.69) is 34.8 Å². The molecule has 0 saturated heterocycles. The maximum absolute atomic E-state index is 10.0. The Morgan fingerprint density at radius 3 is 2.61 bits per heavy atom. The Morgan fingerprint density at radius 1 is 1.06 bits per heavy atom. The lowest BCUT2D eigenvalue weighted by Crippen LogP contribution is -2.12. The van der Waals surface area contributed by atoms with Crippen LogP contribution in [0.2, 0.25) is 5.02 Å². The molecule has 0 radical (unpaired) electrons. The minimum atomic E-state index is 0.620. The number of halogens is 1. The highest BCUT2D eigenvalue weighted by Crippen LogP contribution is 2.33. The van der Waals surface area contributed by atoms with Gasteiger partial charge in [-0.25, -0.2) is 4.98 Å². The number of anilines is 1. The standard InChI is InChI=1S/C26H27ClN4/c1-3-4-5-10-15-29-25-20(16-19-11-6-7-12-22(19)27)18(2)21(17-28)26-30-23-13-8-9-14-24(23)31(25)26/h6-9,11-14,29H,3-5,10,15-16H2,1-2H3. The number of benzene rings is 2. The highest BCUT2D eigenvalue weighted by molar-refractivity contribution is 6.31. The van der Waals surface area contributed by atoms with Crippen LogP contribution in [0, 0.1) is 18.3 Å². The van der Waals surface area contributed by atoms with Crippen LogP contribution in [0.5, 0.6) is 0 Å². The minimum absolute atomic E-state index is 0.620. The summed E-state index contributed by atoms with van der Waals surface area (Å²) in [6.45, 7) is 5.12. The van der Waals surface area contributed by atoms with Crippen molar-refractivity contribution in [2.75, 3.05) is 11.9 Å². The quantitative estimate of drug-likeness (QED) is 0.309. The van der Waals surface area contributed by atoms with Gasteiger partial charge in [-0.2, -0.15) is 5.26 Å². The molecule has 0 bridgehead atoms. The molecule has 0 amide bonds. The molecule has 4 aromatic rings. The molecule has 2 heterocycles. The molecule has 0 aliphatic carbocycles. The third-order valence-corrected chi connectivity index (χ3v) is 6.25. The van der Waals surface area contributed by atoms with Gasteiger partial charge in [-0.3, -0.25) is 4.40 Å². The summed E-state index contributed by atoms with van der Waals surface area (Å²) in [4.78, 5) is 4.81. The molecule has 0 atom stereocenters. The van der Waals surface area contributed by atoms with Crippen molar-refractivity contribution in [3.8, 4) is 6.07 Å². The molecule has 2 aromatic carbocycles. The van der Waals surface area contributed by atoms with Crippen molar-refractivity contribution in [1.29, 1.82) is 5.26 Å². The second-order valence-corrected chi connectivity index (χ2v) is 8.36. The smallest absolute Gasteiger partial charge is 0.157 e. The van der Waals surface area contributed by atoms with Crippen molar-refractivity contribution in [3.05, 3.63) is 75.8 Å². The summed E-state index contributed by atoms with van der Waals surface area (Å²) in [7, 11) is 0. The van der Waals surface area contributed by atoms with E-state index in [1.807, 2.05) is 43.3 Å². The highest BCUT2D eigenvalue weighted by Gasteiger charge is 2.21. The van der Waals surface area contributed by atoms with Crippen molar-refractivity contribution >= 4 is 34.1 Å². The third kappa shape index (κ3) is 4.11. The lowest BCUT2D eigenvalue weighted by atomic mass is 9.97. The van der Waals surface area contributed by atoms with Crippen molar-refractivity contribution < 1.29 is 0 Å². The van der Waals surface area contributed by atoms with Crippen molar-refractivity contribution in [1.82, 2.24) is 9.38 Å². The number of nitrogens with zero attached hydrogens (tertiary/aromatic N) is 3. The second-order valence-electron chi connectivity index (χ2n) is 7.95. The molecule has 0 fully saturated rings. The van der Waals surface area contributed by atoms with E-state index in [-0.39, 0.29) is 0 Å². The summed E-state index contributed by atoms with van der Waals surface area (Å²) >= 11 is 6.50. The summed E-state index contributed by atoms with van der Waals surface area (Å²) in [6.07, 6.45) is 5.41. The van der Waals surface area contributed by atoms with Gasteiger partial charge < -0.3 is 5.32 Å². The summed E-state index contributed by atoms with van der Waals surface area (Å²) in [5, 5.41) is 14.4. The average molecular weight is 431 g/mol. The van der Waals surface area contributed by atoms with Gasteiger partial charge in [0.25, 0.3) is 0 Å². The normalized spacial score (nSPS) is 11.2. The topological polar surface area (TPSA) is 53.1 Å². The molecule has 0 aliphatic heterocycles. The maximum Gasteiger partial charge on any atom is 0.157 e. The molecule has 4 nitrogen and oxygen atoms in total. The van der Waals surface area contributed by atoms with Crippen molar-refractivity contribution in [3.63, 3.8) is 0 Å². The number of unbranched alkanes of at least 4 members (excludes halogenated alkanes) is 3. The number of imidazole rings is 1. The molecule has 0 unspecified atom stereocenters. The molecule has 0 spiro atoms. The van der Waals surface area contributed by atoms with Gasteiger partial charge in [-0.1, -0.05) is 68.1 Å². The van der Waals surface area contributed by atoms with E-state index in [4.69, 9.17) is 16.6 Å². The Labute approximate surface area is 188 Å². The number of rotatable bonds is 8. The third-order valence-electron chi connectivity index (χ3n) is 5.88. The second kappa shape index (κ2) is 9.41. The van der Waals surface area contributed by atoms with Crippen LogP contribution in [-0.2, 0) is 6.42 Å². The van der Waals surface area contributed by atoms with E-state index < -0.39 is 0 Å². The van der Waals surface area contributed by atoms with Crippen LogP contribution >= 0.6 is 11.6 Å². The Kier molecular flexibility index (Phi) is 6.44. The lowest BCUT2D eigenvalue weighted by molar-refractivity contribution is 0.683. The lowest BCUT2D eigenvalue weighted by Gasteiger charge is -2.19. The number of fused-ring (bicyclic) bond motifs is 3. The first kappa shape index (κ1) is 21.2. The zero-order chi connectivity index (χ0) is 21.8. The fourth-order valence-corrected chi connectivity index (χ4v) is 4.38. The van der Waals surface area contributed by atoms with Gasteiger partial charge in [0.2, 0.25) is 0 Å². The van der Waals surface area contributed by atoms with Crippen LogP contribution in [0.1, 0.15) is 54.9 Å². The van der Waals surface area contributed by atoms with Crippen LogP contribution in [-0.4, -0.2) is 15.9 Å². The molecule has 4 rings (SSSR count). The summed E-state index contributed by atoms with van der Waals surface area (Å²) in [5.41, 5.74) is 6.33. The van der Waals surface area contributed by atoms with Crippen LogP contribution in [0.25, 0.3) is 16.7 Å². The van der Waals surface area contributed by atoms with Gasteiger partial charge in [-0.15, -0.1) is 0 Å². The first-order valence-corrected chi connectivity index (χ1v) is 11.3. The molecular formula is C26H27ClN4. The highest BCUT2D eigenvalue weighted by atomic mass is 35.5. The number of hydrogen-bond donors (Lipinski definition) is 1. The predicted octanol–water partition coefficient (Wildman–Crippen LogP) is 6.90. The number of hydrogen-bond acceptors (Lipinski definition) is 3. The Hall–Kier alpha value is -3.03. The zero-order valence-electron chi connectivity index (χ0n) is 18.1. The summed E-state index contributed by atoms with van der Waals surface area (Å²) in [5.74, 6) is 1.01. The molecular weight excluding hydrogens is 404 g/mol. The SMILES string of the molecule is CCCCCCNc1c(Cc2ccccc2Cl)c(C)c(C#N)c2nc3ccccc3n12. The molecule has 1 N–H and O–H groups in total. The molecule has 0 aliphatic rings. The first-order valence-electron chi connectivity index (χ1n) is 11.0. The van der Waals surface area contributed by atoms with E-state index in [0.29, 0.717) is 17.6 Å². The van der Waals surface area contributed by atoms with Gasteiger partial charge in [0.05, 0.1) is 16.6 Å². The summed E-state index contributed by atoms with van der Waals surface area (Å²) < 4.78 is 2.12. The van der Waals surface area contributed by atoms with E-state index in [9.17, 15) is 5.26 Å². The van der Waals surface area contributed by atoms with Crippen molar-refractivity contribution in [2.45, 2.75) is 46.0 Å². The largest absolute Gasteiger partial charge is 0.371 e. The fourth-order valence-electron chi connectivity index (χ4n) is 4.18. The molecule has 2 aromatic heterocycles. The molecule has 0 saturated carbocycles. The van der Waals surface area contributed by atoms with E-state index in [1.54, 1.807) is 0 Å². The number of nitriles is 1. The number of nitrogens with one attached hydrogen (secondary N) is 1. The van der Waals surface area contributed by atoms with Gasteiger partial charge in [-0.05, 0) is 42.7 Å². The average Bonchev–Trinajstić information content (AvgIpc) is 3.16. The first-order chi connectivity index (χ1) is 15.2. The van der Waals surface area contributed by atoms with Gasteiger partial charge in [0.15, 0.2) is 5.65 Å². The van der Waals surface area contributed by atoms with Crippen LogP contribution in [0.4, 0.5) is 5.82 Å². The molecule has 31 heavy (non-hydrogen) atoms. The Morgan fingerprint density at radius 2 is 1.84 bits per heavy atom. The van der Waals surface area contributed by atoms with E-state index in [0.717, 1.165) is 51.5 Å².